The van der Waals surface area contributed by atoms with E-state index in [1.54, 1.807) is 19.9 Å². The van der Waals surface area contributed by atoms with Crippen molar-refractivity contribution < 1.29 is 19.6 Å². The van der Waals surface area contributed by atoms with Crippen LogP contribution in [0.3, 0.4) is 0 Å². The molecule has 2 rings (SSSR count). The topological polar surface area (TPSA) is 101 Å². The van der Waals surface area contributed by atoms with Gasteiger partial charge >= 0.3 is 5.97 Å². The number of likely N-dealkylation sites (tertiary alicyclic amines) is 1. The van der Waals surface area contributed by atoms with Crippen molar-refractivity contribution in [3.8, 4) is 0 Å². The van der Waals surface area contributed by atoms with Crippen LogP contribution in [0.4, 0.5) is 5.69 Å². The molecule has 1 unspecified atom stereocenters. The van der Waals surface area contributed by atoms with Crippen LogP contribution in [0.25, 0.3) is 0 Å². The molecule has 1 aliphatic rings. The summed E-state index contributed by atoms with van der Waals surface area (Å²) in [5, 5.41) is 19.8. The molecule has 0 aromatic heterocycles. The molecule has 112 valence electrons. The van der Waals surface area contributed by atoms with Crippen molar-refractivity contribution in [2.75, 3.05) is 13.1 Å². The largest absolute Gasteiger partial charge is 0.481 e. The molecule has 1 aromatic rings. The normalized spacial score (nSPS) is 16.2. The van der Waals surface area contributed by atoms with E-state index in [0.717, 1.165) is 0 Å². The van der Waals surface area contributed by atoms with Crippen LogP contribution >= 0.6 is 0 Å². The van der Waals surface area contributed by atoms with Crippen LogP contribution in [-0.4, -0.2) is 39.9 Å². The Morgan fingerprint density at radius 3 is 2.57 bits per heavy atom. The van der Waals surface area contributed by atoms with E-state index in [-0.39, 0.29) is 17.5 Å². The second-order valence-electron chi connectivity index (χ2n) is 5.30. The van der Waals surface area contributed by atoms with Crippen molar-refractivity contribution in [2.24, 2.45) is 11.8 Å². The number of amides is 1. The number of carbonyl (C=O) groups is 2. The molecule has 0 aliphatic carbocycles. The number of carboxylic acids is 1. The lowest BCUT2D eigenvalue weighted by Gasteiger charge is -2.41. The Labute approximate surface area is 121 Å². The predicted octanol–water partition coefficient (Wildman–Crippen LogP) is 1.70. The smallest absolute Gasteiger partial charge is 0.306 e. The molecule has 7 nitrogen and oxygen atoms in total. The molecule has 1 fully saturated rings. The highest BCUT2D eigenvalue weighted by Gasteiger charge is 2.38. The average molecular weight is 292 g/mol. The zero-order valence-electron chi connectivity index (χ0n) is 11.8. The Balaban J connectivity index is 2.12. The first-order valence-electron chi connectivity index (χ1n) is 6.59. The second kappa shape index (κ2) is 5.51. The number of carboxylic acid groups (broad SMARTS) is 1. The lowest BCUT2D eigenvalue weighted by atomic mass is 9.86. The van der Waals surface area contributed by atoms with Crippen LogP contribution in [0.15, 0.2) is 18.2 Å². The molecule has 21 heavy (non-hydrogen) atoms. The van der Waals surface area contributed by atoms with Crippen LogP contribution in [0.5, 0.6) is 0 Å². The van der Waals surface area contributed by atoms with E-state index in [9.17, 15) is 19.7 Å². The van der Waals surface area contributed by atoms with Crippen LogP contribution in [0.2, 0.25) is 0 Å². The van der Waals surface area contributed by atoms with Crippen molar-refractivity contribution in [3.05, 3.63) is 39.4 Å². The van der Waals surface area contributed by atoms with E-state index in [0.29, 0.717) is 24.2 Å². The van der Waals surface area contributed by atoms with Gasteiger partial charge in [0.1, 0.15) is 0 Å². The summed E-state index contributed by atoms with van der Waals surface area (Å²) in [4.78, 5) is 35.1. The van der Waals surface area contributed by atoms with Gasteiger partial charge < -0.3 is 10.0 Å². The van der Waals surface area contributed by atoms with E-state index in [2.05, 4.69) is 0 Å². The van der Waals surface area contributed by atoms with Gasteiger partial charge in [-0.3, -0.25) is 19.7 Å². The van der Waals surface area contributed by atoms with Gasteiger partial charge in [0.15, 0.2) is 0 Å². The van der Waals surface area contributed by atoms with Gasteiger partial charge in [0.2, 0.25) is 0 Å². The number of nitrogens with zero attached hydrogens (tertiary/aromatic N) is 2. The van der Waals surface area contributed by atoms with Gasteiger partial charge in [-0.25, -0.2) is 0 Å². The molecule has 0 bridgehead atoms. The van der Waals surface area contributed by atoms with E-state index in [1.807, 2.05) is 0 Å². The summed E-state index contributed by atoms with van der Waals surface area (Å²) in [5.41, 5.74) is 0.546. The zero-order valence-corrected chi connectivity index (χ0v) is 11.8. The van der Waals surface area contributed by atoms with E-state index >= 15 is 0 Å². The SMILES string of the molecule is Cc1c(C(=O)N2CC(C(C)C(=O)O)C2)cccc1[N+](=O)[O-]. The number of nitro benzene ring substituents is 1. The van der Waals surface area contributed by atoms with Crippen LogP contribution < -0.4 is 0 Å². The molecular formula is C14H16N2O5. The number of rotatable bonds is 4. The Kier molecular flexibility index (Phi) is 3.93. The number of carbonyl (C=O) groups excluding carboxylic acids is 1. The lowest BCUT2D eigenvalue weighted by molar-refractivity contribution is -0.385. The Morgan fingerprint density at radius 1 is 1.43 bits per heavy atom. The molecule has 1 atom stereocenters. The predicted molar refractivity (Wildman–Crippen MR) is 74.0 cm³/mol. The fourth-order valence-corrected chi connectivity index (χ4v) is 2.42. The minimum Gasteiger partial charge on any atom is -0.481 e. The third-order valence-corrected chi connectivity index (χ3v) is 4.03. The highest BCUT2D eigenvalue weighted by atomic mass is 16.6. The quantitative estimate of drug-likeness (QED) is 0.672. The molecular weight excluding hydrogens is 276 g/mol. The van der Waals surface area contributed by atoms with Crippen LogP contribution in [0, 0.1) is 28.9 Å². The van der Waals surface area contributed by atoms with Gasteiger partial charge in [-0.1, -0.05) is 13.0 Å². The Bertz CT molecular complexity index is 607. The molecule has 1 aliphatic heterocycles. The summed E-state index contributed by atoms with van der Waals surface area (Å²) >= 11 is 0. The molecule has 0 radical (unpaired) electrons. The van der Waals surface area contributed by atoms with Gasteiger partial charge in [0.05, 0.1) is 10.8 Å². The summed E-state index contributed by atoms with van der Waals surface area (Å²) in [6.07, 6.45) is 0. The first-order chi connectivity index (χ1) is 9.82. The summed E-state index contributed by atoms with van der Waals surface area (Å²) in [7, 11) is 0. The van der Waals surface area contributed by atoms with Crippen LogP contribution in [0.1, 0.15) is 22.8 Å². The standard InChI is InChI=1S/C14H16N2O5/c1-8(14(18)19)10-6-15(7-10)13(17)11-4-3-5-12(9(11)2)16(20)21/h3-5,8,10H,6-7H2,1-2H3,(H,18,19). The van der Waals surface area contributed by atoms with Gasteiger partial charge in [0.25, 0.3) is 11.6 Å². The number of aliphatic carboxylic acids is 1. The molecule has 1 N–H and O–H groups in total. The molecule has 1 heterocycles. The zero-order chi connectivity index (χ0) is 15.7. The third kappa shape index (κ3) is 2.72. The molecule has 0 spiro atoms. The second-order valence-corrected chi connectivity index (χ2v) is 5.30. The van der Waals surface area contributed by atoms with Crippen LogP contribution in [-0.2, 0) is 4.79 Å². The molecule has 1 saturated heterocycles. The van der Waals surface area contributed by atoms with Crippen molar-refractivity contribution in [1.82, 2.24) is 4.90 Å². The molecule has 0 saturated carbocycles. The molecule has 1 amide bonds. The minimum atomic E-state index is -0.876. The van der Waals surface area contributed by atoms with Gasteiger partial charge in [0, 0.05) is 36.2 Å². The van der Waals surface area contributed by atoms with Gasteiger partial charge in [-0.15, -0.1) is 0 Å². The number of nitro groups is 1. The Hall–Kier alpha value is -2.44. The monoisotopic (exact) mass is 292 g/mol. The van der Waals surface area contributed by atoms with Gasteiger partial charge in [-0.05, 0) is 13.0 Å². The highest BCUT2D eigenvalue weighted by molar-refractivity contribution is 5.97. The van der Waals surface area contributed by atoms with E-state index in [1.165, 1.54) is 17.0 Å². The first-order valence-corrected chi connectivity index (χ1v) is 6.59. The highest BCUT2D eigenvalue weighted by Crippen LogP contribution is 2.28. The maximum Gasteiger partial charge on any atom is 0.306 e. The Morgan fingerprint density at radius 2 is 2.05 bits per heavy atom. The van der Waals surface area contributed by atoms with Crippen molar-refractivity contribution in [2.45, 2.75) is 13.8 Å². The van der Waals surface area contributed by atoms with E-state index in [4.69, 9.17) is 5.11 Å². The summed E-state index contributed by atoms with van der Waals surface area (Å²) < 4.78 is 0. The number of hydrogen-bond acceptors (Lipinski definition) is 4. The first kappa shape index (κ1) is 15.0. The molecule has 1 aromatic carbocycles. The van der Waals surface area contributed by atoms with Crippen molar-refractivity contribution >= 4 is 17.6 Å². The maximum absolute atomic E-state index is 12.3. The third-order valence-electron chi connectivity index (χ3n) is 4.03. The van der Waals surface area contributed by atoms with Gasteiger partial charge in [-0.2, -0.15) is 0 Å². The number of hydrogen-bond donors (Lipinski definition) is 1. The van der Waals surface area contributed by atoms with Crippen molar-refractivity contribution in [3.63, 3.8) is 0 Å². The summed E-state index contributed by atoms with van der Waals surface area (Å²) in [6.45, 7) is 3.90. The molecule has 7 heteroatoms. The van der Waals surface area contributed by atoms with E-state index < -0.39 is 16.8 Å². The maximum atomic E-state index is 12.3. The number of benzene rings is 1. The summed E-state index contributed by atoms with van der Waals surface area (Å²) in [6, 6.07) is 4.39. The van der Waals surface area contributed by atoms with Crippen molar-refractivity contribution in [1.29, 1.82) is 0 Å². The summed E-state index contributed by atoms with van der Waals surface area (Å²) in [5.74, 6) is -1.73. The average Bonchev–Trinajstić information content (AvgIpc) is 2.36. The fourth-order valence-electron chi connectivity index (χ4n) is 2.42. The minimum absolute atomic E-state index is 0.0644. The fraction of sp³-hybridized carbons (Fsp3) is 0.429. The lowest BCUT2D eigenvalue weighted by Crippen LogP contribution is -2.53.